The van der Waals surface area contributed by atoms with Crippen molar-refractivity contribution in [1.29, 1.82) is 0 Å². The molecule has 1 unspecified atom stereocenters. The number of halogens is 1. The van der Waals surface area contributed by atoms with E-state index in [4.69, 9.17) is 22.7 Å². The summed E-state index contributed by atoms with van der Waals surface area (Å²) in [5.41, 5.74) is 6.37. The van der Waals surface area contributed by atoms with E-state index in [0.29, 0.717) is 61.9 Å². The van der Waals surface area contributed by atoms with Crippen LogP contribution in [-0.2, 0) is 20.7 Å². The van der Waals surface area contributed by atoms with Gasteiger partial charge in [0.2, 0.25) is 0 Å². The fraction of sp³-hybridized carbons (Fsp3) is 0.550. The molecule has 2 heterocycles. The number of piperazine rings is 1. The number of rotatable bonds is 8. The zero-order valence-corrected chi connectivity index (χ0v) is 19.1. The number of ether oxygens (including phenoxy) is 1. The number of cyclic esters (lactones) is 1. The molecule has 2 amide bonds. The Balaban J connectivity index is 1.57. The predicted molar refractivity (Wildman–Crippen MR) is 122 cm³/mol. The largest absolute Gasteiger partial charge is 0.616 e. The Kier molecular flexibility index (Phi) is 7.95. The summed E-state index contributed by atoms with van der Waals surface area (Å²) in [4.78, 5) is 29.6. The molecular formula is C20H27FN4O4S2. The van der Waals surface area contributed by atoms with Crippen LogP contribution >= 0.6 is 12.2 Å². The molecule has 0 saturated carbocycles. The second-order valence-electron chi connectivity index (χ2n) is 7.70. The van der Waals surface area contributed by atoms with Crippen LogP contribution in [0.3, 0.4) is 0 Å². The van der Waals surface area contributed by atoms with Crippen molar-refractivity contribution < 1.29 is 23.3 Å². The molecule has 3 rings (SSSR count). The smallest absolute Gasteiger partial charge is 0.414 e. The molecule has 8 nitrogen and oxygen atoms in total. The van der Waals surface area contributed by atoms with Crippen molar-refractivity contribution >= 4 is 51.8 Å². The van der Waals surface area contributed by atoms with Crippen molar-refractivity contribution in [2.75, 3.05) is 54.5 Å². The average Bonchev–Trinajstić information content (AvgIpc) is 3.07. The van der Waals surface area contributed by atoms with Crippen molar-refractivity contribution in [3.8, 4) is 0 Å². The van der Waals surface area contributed by atoms with Gasteiger partial charge in [0.1, 0.15) is 11.9 Å². The normalized spacial score (nSPS) is 20.0. The molecule has 2 atom stereocenters. The lowest BCUT2D eigenvalue weighted by atomic mass is 10.1. The number of nitrogens with zero attached hydrogens (tertiary/aromatic N) is 3. The standard InChI is InChI=1S/C20H27FN4O4S2/c1-31(28)13-19(26)24-9-7-23(8-10-24)17-6-5-14(11-16(17)21)25-12-15(29-20(25)27)3-2-4-18(22)30/h5-6,11,15H,2-4,7-10,12-13H2,1H3,(H2,22,30)/t15-,31?/m0/s1. The molecule has 2 N–H and O–H groups in total. The highest BCUT2D eigenvalue weighted by Crippen LogP contribution is 2.29. The maximum absolute atomic E-state index is 14.9. The van der Waals surface area contributed by atoms with Gasteiger partial charge >= 0.3 is 6.09 Å². The number of nitrogens with two attached hydrogens (primary N) is 1. The monoisotopic (exact) mass is 470 g/mol. The number of hydrogen-bond acceptors (Lipinski definition) is 6. The third kappa shape index (κ3) is 6.20. The molecule has 170 valence electrons. The van der Waals surface area contributed by atoms with E-state index in [1.54, 1.807) is 17.0 Å². The summed E-state index contributed by atoms with van der Waals surface area (Å²) < 4.78 is 31.5. The molecular weight excluding hydrogens is 443 g/mol. The van der Waals surface area contributed by atoms with Crippen LogP contribution in [0, 0.1) is 5.82 Å². The Hall–Kier alpha value is -2.11. The van der Waals surface area contributed by atoms with Crippen LogP contribution in [0.15, 0.2) is 18.2 Å². The number of carbonyl (C=O) groups is 2. The molecule has 2 aliphatic rings. The molecule has 11 heteroatoms. The van der Waals surface area contributed by atoms with Gasteiger partial charge in [-0.05, 0) is 48.6 Å². The fourth-order valence-electron chi connectivity index (χ4n) is 3.77. The van der Waals surface area contributed by atoms with E-state index < -0.39 is 23.1 Å². The van der Waals surface area contributed by atoms with Gasteiger partial charge in [-0.25, -0.2) is 9.18 Å². The van der Waals surface area contributed by atoms with Crippen LogP contribution in [0.2, 0.25) is 0 Å². The number of benzene rings is 1. The van der Waals surface area contributed by atoms with Crippen molar-refractivity contribution in [1.82, 2.24) is 4.90 Å². The molecule has 0 spiro atoms. The van der Waals surface area contributed by atoms with Gasteiger partial charge < -0.3 is 24.8 Å². The first-order valence-corrected chi connectivity index (χ1v) is 12.3. The van der Waals surface area contributed by atoms with Crippen molar-refractivity contribution in [2.45, 2.75) is 25.4 Å². The number of hydrogen-bond donors (Lipinski definition) is 1. The second kappa shape index (κ2) is 10.5. The third-order valence-electron chi connectivity index (χ3n) is 5.37. The quantitative estimate of drug-likeness (QED) is 0.455. The fourth-order valence-corrected chi connectivity index (χ4v) is 4.44. The number of amides is 2. The summed E-state index contributed by atoms with van der Waals surface area (Å²) in [6.45, 7) is 2.21. The number of carbonyl (C=O) groups excluding carboxylic acids is 2. The van der Waals surface area contributed by atoms with Gasteiger partial charge in [-0.2, -0.15) is 0 Å². The molecule has 0 aromatic heterocycles. The Labute approximate surface area is 189 Å². The van der Waals surface area contributed by atoms with Crippen LogP contribution in [0.5, 0.6) is 0 Å². The number of anilines is 2. The maximum Gasteiger partial charge on any atom is 0.414 e. The molecule has 2 saturated heterocycles. The Bertz CT molecular complexity index is 833. The lowest BCUT2D eigenvalue weighted by molar-refractivity contribution is -0.128. The molecule has 0 radical (unpaired) electrons. The first-order chi connectivity index (χ1) is 14.7. The molecule has 2 aliphatic heterocycles. The van der Waals surface area contributed by atoms with E-state index in [1.165, 1.54) is 17.2 Å². The van der Waals surface area contributed by atoms with E-state index in [0.717, 1.165) is 6.42 Å². The lowest BCUT2D eigenvalue weighted by Gasteiger charge is -2.36. The second-order valence-corrected chi connectivity index (χ2v) is 9.66. The van der Waals surface area contributed by atoms with E-state index in [1.807, 2.05) is 4.90 Å². The first-order valence-electron chi connectivity index (χ1n) is 10.1. The van der Waals surface area contributed by atoms with Crippen LogP contribution in [0.25, 0.3) is 0 Å². The molecule has 1 aromatic carbocycles. The minimum Gasteiger partial charge on any atom is -0.616 e. The van der Waals surface area contributed by atoms with Gasteiger partial charge in [0, 0.05) is 26.2 Å². The maximum atomic E-state index is 14.9. The minimum atomic E-state index is -1.18. The summed E-state index contributed by atoms with van der Waals surface area (Å²) >= 11 is 3.68. The van der Waals surface area contributed by atoms with Crippen LogP contribution in [0.4, 0.5) is 20.6 Å². The molecule has 1 aromatic rings. The van der Waals surface area contributed by atoms with Crippen molar-refractivity contribution in [3.05, 3.63) is 24.0 Å². The molecule has 0 aliphatic carbocycles. The highest BCUT2D eigenvalue weighted by Gasteiger charge is 2.33. The zero-order valence-electron chi connectivity index (χ0n) is 17.4. The Morgan fingerprint density at radius 3 is 2.68 bits per heavy atom. The molecule has 2 fully saturated rings. The van der Waals surface area contributed by atoms with Gasteiger partial charge in [-0.1, -0.05) is 12.2 Å². The average molecular weight is 471 g/mol. The summed E-state index contributed by atoms with van der Waals surface area (Å²) in [6, 6.07) is 4.69. The highest BCUT2D eigenvalue weighted by molar-refractivity contribution is 7.91. The highest BCUT2D eigenvalue weighted by atomic mass is 32.2. The van der Waals surface area contributed by atoms with E-state index >= 15 is 0 Å². The van der Waals surface area contributed by atoms with Gasteiger partial charge in [-0.15, -0.1) is 0 Å². The van der Waals surface area contributed by atoms with Crippen LogP contribution in [0.1, 0.15) is 19.3 Å². The van der Waals surface area contributed by atoms with Crippen molar-refractivity contribution in [3.63, 3.8) is 0 Å². The zero-order chi connectivity index (χ0) is 22.5. The topological polar surface area (TPSA) is 102 Å². The summed E-state index contributed by atoms with van der Waals surface area (Å²) in [7, 11) is 0. The lowest BCUT2D eigenvalue weighted by Crippen LogP contribution is -2.50. The molecule has 31 heavy (non-hydrogen) atoms. The minimum absolute atomic E-state index is 0.00882. The van der Waals surface area contributed by atoms with Gasteiger partial charge in [0.15, 0.2) is 5.75 Å². The van der Waals surface area contributed by atoms with Crippen molar-refractivity contribution in [2.24, 2.45) is 5.73 Å². The molecule has 0 bridgehead atoms. The number of thiocarbonyl (C=S) groups is 1. The van der Waals surface area contributed by atoms with Crippen LogP contribution in [-0.4, -0.2) is 77.3 Å². The Morgan fingerprint density at radius 1 is 1.35 bits per heavy atom. The van der Waals surface area contributed by atoms with E-state index in [9.17, 15) is 18.5 Å². The SMILES string of the molecule is C[S+]([O-])CC(=O)N1CCN(c2ccc(N3C[C@H](CCCC(N)=S)OC3=O)cc2F)CC1. The van der Waals surface area contributed by atoms with Crippen LogP contribution < -0.4 is 15.5 Å². The van der Waals surface area contributed by atoms with Gasteiger partial charge in [0.25, 0.3) is 5.91 Å². The first kappa shape index (κ1) is 23.6. The third-order valence-corrected chi connectivity index (χ3v) is 6.22. The van der Waals surface area contributed by atoms with E-state index in [-0.39, 0.29) is 17.8 Å². The predicted octanol–water partition coefficient (Wildman–Crippen LogP) is 1.63. The van der Waals surface area contributed by atoms with E-state index in [2.05, 4.69) is 0 Å². The summed E-state index contributed by atoms with van der Waals surface area (Å²) in [5.74, 6) is -0.571. The van der Waals surface area contributed by atoms with Gasteiger partial charge in [0.05, 0.1) is 29.2 Å². The Morgan fingerprint density at radius 2 is 2.06 bits per heavy atom. The summed E-state index contributed by atoms with van der Waals surface area (Å²) in [5, 5.41) is 0. The summed E-state index contributed by atoms with van der Waals surface area (Å²) in [6.07, 6.45) is 2.72. The van der Waals surface area contributed by atoms with Gasteiger partial charge in [-0.3, -0.25) is 9.69 Å².